The summed E-state index contributed by atoms with van der Waals surface area (Å²) in [5, 5.41) is 8.19. The lowest BCUT2D eigenvalue weighted by atomic mass is 10.3. The standard InChI is InChI=1S/C12H12N6O/c1-13-10-15-11(17-12(16-10)19-2)18-9-6-4-3-5-8(9)7-14-18/h3-7H,1-2H3,(H,13,15,16,17). The number of rotatable bonds is 3. The van der Waals surface area contributed by atoms with Crippen molar-refractivity contribution in [2.24, 2.45) is 0 Å². The summed E-state index contributed by atoms with van der Waals surface area (Å²) in [5.41, 5.74) is 0.929. The van der Waals surface area contributed by atoms with Gasteiger partial charge in [0.25, 0.3) is 5.95 Å². The van der Waals surface area contributed by atoms with E-state index in [9.17, 15) is 0 Å². The summed E-state index contributed by atoms with van der Waals surface area (Å²) in [6.45, 7) is 0. The Morgan fingerprint density at radius 2 is 2.00 bits per heavy atom. The molecule has 0 amide bonds. The van der Waals surface area contributed by atoms with E-state index < -0.39 is 0 Å². The van der Waals surface area contributed by atoms with Crippen LogP contribution in [0.5, 0.6) is 6.01 Å². The fourth-order valence-corrected chi connectivity index (χ4v) is 1.77. The third-order valence-electron chi connectivity index (χ3n) is 2.68. The van der Waals surface area contributed by atoms with Gasteiger partial charge >= 0.3 is 6.01 Å². The second-order valence-electron chi connectivity index (χ2n) is 3.81. The number of ether oxygens (including phenoxy) is 1. The molecule has 1 aromatic carbocycles. The Hall–Kier alpha value is -2.70. The molecule has 96 valence electrons. The summed E-state index contributed by atoms with van der Waals surface area (Å²) in [5.74, 6) is 0.846. The van der Waals surface area contributed by atoms with Crippen molar-refractivity contribution in [3.63, 3.8) is 0 Å². The molecular weight excluding hydrogens is 244 g/mol. The van der Waals surface area contributed by atoms with Crippen molar-refractivity contribution < 1.29 is 4.74 Å². The van der Waals surface area contributed by atoms with E-state index in [1.54, 1.807) is 17.9 Å². The zero-order valence-electron chi connectivity index (χ0n) is 10.5. The normalized spacial score (nSPS) is 10.6. The minimum absolute atomic E-state index is 0.244. The van der Waals surface area contributed by atoms with Crippen LogP contribution >= 0.6 is 0 Å². The molecule has 0 fully saturated rings. The number of anilines is 1. The third-order valence-corrected chi connectivity index (χ3v) is 2.68. The predicted octanol–water partition coefficient (Wildman–Crippen LogP) is 1.26. The van der Waals surface area contributed by atoms with E-state index in [-0.39, 0.29) is 6.01 Å². The Balaban J connectivity index is 2.20. The van der Waals surface area contributed by atoms with Gasteiger partial charge in [-0.25, -0.2) is 0 Å². The van der Waals surface area contributed by atoms with Gasteiger partial charge in [-0.1, -0.05) is 18.2 Å². The Labute approximate surface area is 109 Å². The van der Waals surface area contributed by atoms with Crippen molar-refractivity contribution in [3.8, 4) is 12.0 Å². The van der Waals surface area contributed by atoms with Crippen molar-refractivity contribution >= 4 is 16.9 Å². The molecule has 0 radical (unpaired) electrons. The summed E-state index contributed by atoms with van der Waals surface area (Å²) in [7, 11) is 3.25. The SMILES string of the molecule is CNc1nc(OC)nc(-n2ncc3ccccc32)n1. The van der Waals surface area contributed by atoms with Crippen LogP contribution in [0.4, 0.5) is 5.95 Å². The first kappa shape index (κ1) is 11.4. The quantitative estimate of drug-likeness (QED) is 0.760. The van der Waals surface area contributed by atoms with Gasteiger partial charge in [0.1, 0.15) is 0 Å². The van der Waals surface area contributed by atoms with E-state index in [1.165, 1.54) is 7.11 Å². The van der Waals surface area contributed by atoms with E-state index in [1.807, 2.05) is 24.3 Å². The number of fused-ring (bicyclic) bond motifs is 1. The van der Waals surface area contributed by atoms with E-state index in [2.05, 4.69) is 25.4 Å². The van der Waals surface area contributed by atoms with Crippen molar-refractivity contribution in [2.75, 3.05) is 19.5 Å². The molecule has 2 aromatic heterocycles. The van der Waals surface area contributed by atoms with E-state index in [4.69, 9.17) is 4.74 Å². The van der Waals surface area contributed by atoms with Crippen LogP contribution in [0.3, 0.4) is 0 Å². The highest BCUT2D eigenvalue weighted by Crippen LogP contribution is 2.17. The summed E-state index contributed by atoms with van der Waals surface area (Å²) in [4.78, 5) is 12.6. The topological polar surface area (TPSA) is 77.8 Å². The molecule has 7 heteroatoms. The molecule has 2 heterocycles. The summed E-state index contributed by atoms with van der Waals surface area (Å²) in [6.07, 6.45) is 1.77. The maximum absolute atomic E-state index is 5.06. The number of nitrogens with zero attached hydrogens (tertiary/aromatic N) is 5. The van der Waals surface area contributed by atoms with Crippen LogP contribution in [0.15, 0.2) is 30.5 Å². The molecular formula is C12H12N6O. The predicted molar refractivity (Wildman–Crippen MR) is 70.6 cm³/mol. The second kappa shape index (κ2) is 4.52. The molecule has 0 atom stereocenters. The number of hydrogen-bond acceptors (Lipinski definition) is 6. The smallest absolute Gasteiger partial charge is 0.322 e. The fraction of sp³-hybridized carbons (Fsp3) is 0.167. The molecule has 0 bridgehead atoms. The van der Waals surface area contributed by atoms with Gasteiger partial charge in [0.15, 0.2) is 0 Å². The van der Waals surface area contributed by atoms with Crippen LogP contribution < -0.4 is 10.1 Å². The van der Waals surface area contributed by atoms with Crippen molar-refractivity contribution in [3.05, 3.63) is 30.5 Å². The fourth-order valence-electron chi connectivity index (χ4n) is 1.77. The molecule has 7 nitrogen and oxygen atoms in total. The Morgan fingerprint density at radius 1 is 1.16 bits per heavy atom. The first-order chi connectivity index (χ1) is 9.31. The zero-order chi connectivity index (χ0) is 13.2. The van der Waals surface area contributed by atoms with Gasteiger partial charge in [-0.2, -0.15) is 24.7 Å². The Morgan fingerprint density at radius 3 is 2.79 bits per heavy atom. The van der Waals surface area contributed by atoms with E-state index in [0.717, 1.165) is 10.9 Å². The van der Waals surface area contributed by atoms with Gasteiger partial charge in [0.2, 0.25) is 5.95 Å². The molecule has 3 aromatic rings. The van der Waals surface area contributed by atoms with Crippen LogP contribution in [0.2, 0.25) is 0 Å². The lowest BCUT2D eigenvalue weighted by Crippen LogP contribution is -2.08. The lowest BCUT2D eigenvalue weighted by molar-refractivity contribution is 0.377. The average molecular weight is 256 g/mol. The van der Waals surface area contributed by atoms with Crippen LogP contribution in [-0.4, -0.2) is 38.9 Å². The molecule has 19 heavy (non-hydrogen) atoms. The zero-order valence-corrected chi connectivity index (χ0v) is 10.5. The maximum atomic E-state index is 5.06. The number of para-hydroxylation sites is 1. The number of aromatic nitrogens is 5. The second-order valence-corrected chi connectivity index (χ2v) is 3.81. The van der Waals surface area contributed by atoms with E-state index in [0.29, 0.717) is 11.9 Å². The molecule has 0 aliphatic heterocycles. The minimum Gasteiger partial charge on any atom is -0.467 e. The van der Waals surface area contributed by atoms with Gasteiger partial charge in [-0.3, -0.25) is 0 Å². The molecule has 3 rings (SSSR count). The Kier molecular flexibility index (Phi) is 2.71. The highest BCUT2D eigenvalue weighted by Gasteiger charge is 2.11. The van der Waals surface area contributed by atoms with Crippen LogP contribution in [0, 0.1) is 0 Å². The summed E-state index contributed by atoms with van der Waals surface area (Å²) < 4.78 is 6.72. The van der Waals surface area contributed by atoms with Crippen molar-refractivity contribution in [1.29, 1.82) is 0 Å². The number of benzene rings is 1. The van der Waals surface area contributed by atoms with Gasteiger partial charge in [0.05, 0.1) is 18.8 Å². The summed E-state index contributed by atoms with van der Waals surface area (Å²) >= 11 is 0. The van der Waals surface area contributed by atoms with Crippen LogP contribution in [0.25, 0.3) is 16.9 Å². The number of methoxy groups -OCH3 is 1. The molecule has 0 saturated heterocycles. The number of nitrogens with one attached hydrogen (secondary N) is 1. The highest BCUT2D eigenvalue weighted by molar-refractivity contribution is 5.79. The van der Waals surface area contributed by atoms with Gasteiger partial charge < -0.3 is 10.1 Å². The third kappa shape index (κ3) is 1.95. The molecule has 0 saturated carbocycles. The van der Waals surface area contributed by atoms with Gasteiger partial charge in [0, 0.05) is 12.4 Å². The molecule has 0 spiro atoms. The first-order valence-electron chi connectivity index (χ1n) is 5.73. The van der Waals surface area contributed by atoms with Gasteiger partial charge in [-0.15, -0.1) is 0 Å². The van der Waals surface area contributed by atoms with Crippen LogP contribution in [0.1, 0.15) is 0 Å². The summed E-state index contributed by atoms with van der Waals surface area (Å²) in [6, 6.07) is 8.08. The van der Waals surface area contributed by atoms with Crippen LogP contribution in [-0.2, 0) is 0 Å². The van der Waals surface area contributed by atoms with Crippen molar-refractivity contribution in [2.45, 2.75) is 0 Å². The molecule has 1 N–H and O–H groups in total. The lowest BCUT2D eigenvalue weighted by Gasteiger charge is -2.06. The largest absolute Gasteiger partial charge is 0.467 e. The first-order valence-corrected chi connectivity index (χ1v) is 5.73. The highest BCUT2D eigenvalue weighted by atomic mass is 16.5. The van der Waals surface area contributed by atoms with Crippen molar-refractivity contribution in [1.82, 2.24) is 24.7 Å². The molecule has 0 unspecified atom stereocenters. The van der Waals surface area contributed by atoms with E-state index >= 15 is 0 Å². The maximum Gasteiger partial charge on any atom is 0.322 e. The molecule has 0 aliphatic rings. The minimum atomic E-state index is 0.244. The van der Waals surface area contributed by atoms with Gasteiger partial charge in [-0.05, 0) is 6.07 Å². The molecule has 0 aliphatic carbocycles. The Bertz CT molecular complexity index is 701. The monoisotopic (exact) mass is 256 g/mol. The number of hydrogen-bond donors (Lipinski definition) is 1. The average Bonchev–Trinajstić information content (AvgIpc) is 2.90.